The zero-order valence-corrected chi connectivity index (χ0v) is 9.72. The zero-order valence-electron chi connectivity index (χ0n) is 8.97. The van der Waals surface area contributed by atoms with E-state index in [1.165, 1.54) is 5.69 Å². The quantitative estimate of drug-likeness (QED) is 0.598. The molecular weight excluding hydrogens is 208 g/mol. The van der Waals surface area contributed by atoms with Crippen LogP contribution in [0.4, 0.5) is 0 Å². The van der Waals surface area contributed by atoms with E-state index in [4.69, 9.17) is 0 Å². The Hall–Kier alpha value is -1.28. The molecule has 0 fully saturated rings. The molecule has 0 aliphatic heterocycles. The maximum atomic E-state index is 2.19. The van der Waals surface area contributed by atoms with Crippen LogP contribution in [0.2, 0.25) is 0 Å². The molecule has 2 aromatic rings. The lowest BCUT2D eigenvalue weighted by Gasteiger charge is -1.97. The minimum atomic E-state index is 0. The zero-order chi connectivity index (χ0) is 9.97. The summed E-state index contributed by atoms with van der Waals surface area (Å²) in [4.78, 5) is 0. The van der Waals surface area contributed by atoms with Gasteiger partial charge in [-0.3, -0.25) is 0 Å². The third-order valence-electron chi connectivity index (χ3n) is 2.31. The summed E-state index contributed by atoms with van der Waals surface area (Å²) >= 11 is 0. The smallest absolute Gasteiger partial charge is 0.249 e. The predicted molar refractivity (Wildman–Crippen MR) is 56.3 cm³/mol. The number of benzene rings is 1. The van der Waals surface area contributed by atoms with Gasteiger partial charge in [0.15, 0.2) is 0 Å². The molecule has 15 heavy (non-hydrogen) atoms. The number of hydrogen-bond acceptors (Lipinski definition) is 0. The van der Waals surface area contributed by atoms with E-state index in [1.807, 2.05) is 6.07 Å². The van der Waals surface area contributed by atoms with Gasteiger partial charge in [-0.15, -0.1) is 0 Å². The van der Waals surface area contributed by atoms with Crippen molar-refractivity contribution in [3.8, 4) is 5.69 Å². The van der Waals surface area contributed by atoms with E-state index in [0.29, 0.717) is 6.04 Å². The van der Waals surface area contributed by atoms with E-state index in [0.717, 1.165) is 0 Å². The first-order valence-electron chi connectivity index (χ1n) is 4.91. The molecule has 3 heteroatoms. The van der Waals surface area contributed by atoms with E-state index in [-0.39, 0.29) is 12.4 Å². The van der Waals surface area contributed by atoms with Crippen LogP contribution in [0, 0.1) is 0 Å². The summed E-state index contributed by atoms with van der Waals surface area (Å²) in [5.74, 6) is 0. The Bertz CT molecular complexity index is 407. The molecule has 80 valence electrons. The molecule has 0 bridgehead atoms. The Morgan fingerprint density at radius 2 is 1.80 bits per heavy atom. The summed E-state index contributed by atoms with van der Waals surface area (Å²) in [7, 11) is 0. The second kappa shape index (κ2) is 4.99. The maximum Gasteiger partial charge on any atom is 0.249 e. The number of imidazole rings is 1. The van der Waals surface area contributed by atoms with Crippen molar-refractivity contribution in [3.63, 3.8) is 0 Å². The van der Waals surface area contributed by atoms with E-state index >= 15 is 0 Å². The number of hydrogen-bond donors (Lipinski definition) is 0. The van der Waals surface area contributed by atoms with Crippen LogP contribution in [0.15, 0.2) is 49.1 Å². The van der Waals surface area contributed by atoms with Crippen molar-refractivity contribution >= 4 is 0 Å². The molecule has 2 rings (SSSR count). The first-order chi connectivity index (χ1) is 6.77. The lowest BCUT2D eigenvalue weighted by molar-refractivity contribution is -0.715. The van der Waals surface area contributed by atoms with Crippen molar-refractivity contribution in [2.45, 2.75) is 19.9 Å². The lowest BCUT2D eigenvalue weighted by atomic mass is 10.3. The van der Waals surface area contributed by atoms with Crippen LogP contribution in [0.5, 0.6) is 0 Å². The minimum absolute atomic E-state index is 0. The van der Waals surface area contributed by atoms with Crippen LogP contribution in [-0.4, -0.2) is 4.57 Å². The van der Waals surface area contributed by atoms with Crippen molar-refractivity contribution in [1.29, 1.82) is 0 Å². The van der Waals surface area contributed by atoms with Gasteiger partial charge in [0.25, 0.3) is 0 Å². The molecule has 0 unspecified atom stereocenters. The highest BCUT2D eigenvalue weighted by atomic mass is 35.5. The molecule has 1 heterocycles. The minimum Gasteiger partial charge on any atom is -1.00 e. The average Bonchev–Trinajstić information content (AvgIpc) is 2.68. The molecule has 0 saturated heterocycles. The molecule has 1 aromatic carbocycles. The van der Waals surface area contributed by atoms with Gasteiger partial charge in [-0.2, -0.15) is 0 Å². The molecule has 0 N–H and O–H groups in total. The van der Waals surface area contributed by atoms with Gasteiger partial charge < -0.3 is 12.4 Å². The summed E-state index contributed by atoms with van der Waals surface area (Å²) in [6.45, 7) is 4.35. The number of nitrogens with zero attached hydrogens (tertiary/aromatic N) is 2. The average molecular weight is 223 g/mol. The molecule has 0 amide bonds. The number of rotatable bonds is 2. The summed E-state index contributed by atoms with van der Waals surface area (Å²) in [5.41, 5.74) is 1.20. The Balaban J connectivity index is 0.00000112. The number of para-hydroxylation sites is 1. The van der Waals surface area contributed by atoms with Gasteiger partial charge in [0, 0.05) is 0 Å². The highest BCUT2D eigenvalue weighted by Crippen LogP contribution is 2.05. The van der Waals surface area contributed by atoms with Gasteiger partial charge in [-0.1, -0.05) is 18.2 Å². The Morgan fingerprint density at radius 3 is 2.33 bits per heavy atom. The summed E-state index contributed by atoms with van der Waals surface area (Å²) in [6.07, 6.45) is 6.28. The molecule has 0 saturated carbocycles. The fourth-order valence-corrected chi connectivity index (χ4v) is 1.43. The van der Waals surface area contributed by atoms with Crippen LogP contribution in [-0.2, 0) is 0 Å². The molecule has 0 aliphatic carbocycles. The summed E-state index contributed by atoms with van der Waals surface area (Å²) < 4.78 is 4.31. The molecule has 0 atom stereocenters. The topological polar surface area (TPSA) is 8.81 Å². The Kier molecular flexibility index (Phi) is 3.92. The Morgan fingerprint density at radius 1 is 1.13 bits per heavy atom. The normalized spacial score (nSPS) is 10.1. The van der Waals surface area contributed by atoms with Crippen LogP contribution >= 0.6 is 0 Å². The van der Waals surface area contributed by atoms with Crippen LogP contribution in [0.1, 0.15) is 19.9 Å². The molecular formula is C12H15ClN2. The summed E-state index contributed by atoms with van der Waals surface area (Å²) in [5, 5.41) is 0. The molecule has 0 aliphatic rings. The second-order valence-electron chi connectivity index (χ2n) is 3.70. The first-order valence-corrected chi connectivity index (χ1v) is 4.91. The highest BCUT2D eigenvalue weighted by molar-refractivity contribution is 5.30. The third kappa shape index (κ3) is 2.60. The van der Waals surface area contributed by atoms with Gasteiger partial charge in [0.05, 0.1) is 6.04 Å². The van der Waals surface area contributed by atoms with Crippen molar-refractivity contribution < 1.29 is 17.0 Å². The van der Waals surface area contributed by atoms with Gasteiger partial charge in [0.1, 0.15) is 18.1 Å². The molecule has 1 aromatic heterocycles. The van der Waals surface area contributed by atoms with E-state index in [1.54, 1.807) is 0 Å². The largest absolute Gasteiger partial charge is 1.00 e. The highest BCUT2D eigenvalue weighted by Gasteiger charge is 2.07. The van der Waals surface area contributed by atoms with Crippen molar-refractivity contribution in [2.75, 3.05) is 0 Å². The molecule has 0 radical (unpaired) electrons. The van der Waals surface area contributed by atoms with Crippen molar-refractivity contribution in [2.24, 2.45) is 0 Å². The monoisotopic (exact) mass is 222 g/mol. The second-order valence-corrected chi connectivity index (χ2v) is 3.70. The van der Waals surface area contributed by atoms with Crippen molar-refractivity contribution in [3.05, 3.63) is 49.1 Å². The van der Waals surface area contributed by atoms with Gasteiger partial charge in [-0.05, 0) is 26.0 Å². The van der Waals surface area contributed by atoms with Crippen molar-refractivity contribution in [1.82, 2.24) is 4.57 Å². The maximum absolute atomic E-state index is 2.19. The Labute approximate surface area is 96.6 Å². The van der Waals surface area contributed by atoms with Crippen LogP contribution < -0.4 is 17.0 Å². The third-order valence-corrected chi connectivity index (χ3v) is 2.31. The van der Waals surface area contributed by atoms with Crippen LogP contribution in [0.25, 0.3) is 5.69 Å². The lowest BCUT2D eigenvalue weighted by Crippen LogP contribution is -3.00. The SMILES string of the molecule is CC(C)[n+]1ccn(-c2ccccc2)c1.[Cl-]. The number of aromatic nitrogens is 2. The van der Waals surface area contributed by atoms with E-state index in [9.17, 15) is 0 Å². The molecule has 0 spiro atoms. The fraction of sp³-hybridized carbons (Fsp3) is 0.250. The van der Waals surface area contributed by atoms with Gasteiger partial charge in [-0.25, -0.2) is 9.13 Å². The standard InChI is InChI=1S/C12H15N2.ClH/c1-11(2)13-8-9-14(10-13)12-6-4-3-5-7-12;/h3-11H,1-2H3;1H/q+1;/p-1. The summed E-state index contributed by atoms with van der Waals surface area (Å²) in [6, 6.07) is 10.9. The van der Waals surface area contributed by atoms with Crippen LogP contribution in [0.3, 0.4) is 0 Å². The van der Waals surface area contributed by atoms with Gasteiger partial charge in [0.2, 0.25) is 6.33 Å². The predicted octanol–water partition coefficient (Wildman–Crippen LogP) is -0.650. The molecule has 2 nitrogen and oxygen atoms in total. The number of halogens is 1. The first kappa shape index (κ1) is 11.8. The van der Waals surface area contributed by atoms with E-state index in [2.05, 4.69) is 66.0 Å². The fourth-order valence-electron chi connectivity index (χ4n) is 1.43. The van der Waals surface area contributed by atoms with E-state index < -0.39 is 0 Å². The van der Waals surface area contributed by atoms with Gasteiger partial charge >= 0.3 is 0 Å².